The number of amides is 2. The average molecular weight is 485 g/mol. The highest BCUT2D eigenvalue weighted by molar-refractivity contribution is 5.82. The molecule has 8 atom stereocenters. The number of hydrogen-bond donors (Lipinski definition) is 2. The Balaban J connectivity index is 1.40. The molecule has 0 aliphatic heterocycles. The third kappa shape index (κ3) is 5.37. The molecule has 4 aliphatic rings. The van der Waals surface area contributed by atoms with Crippen molar-refractivity contribution in [2.24, 2.45) is 52.1 Å². The van der Waals surface area contributed by atoms with Crippen molar-refractivity contribution in [2.45, 2.75) is 124 Å². The largest absolute Gasteiger partial charge is 0.370 e. The molecule has 4 heteroatoms. The van der Waals surface area contributed by atoms with Crippen LogP contribution in [-0.4, -0.2) is 17.9 Å². The Morgan fingerprint density at radius 3 is 2.51 bits per heavy atom. The minimum Gasteiger partial charge on any atom is -0.370 e. The van der Waals surface area contributed by atoms with Gasteiger partial charge in [-0.3, -0.25) is 9.59 Å². The maximum atomic E-state index is 12.3. The minimum absolute atomic E-state index is 0.0281. The van der Waals surface area contributed by atoms with E-state index in [0.29, 0.717) is 10.8 Å². The van der Waals surface area contributed by atoms with Crippen molar-refractivity contribution < 1.29 is 9.59 Å². The molecule has 35 heavy (non-hydrogen) atoms. The van der Waals surface area contributed by atoms with Crippen molar-refractivity contribution in [3.8, 4) is 0 Å². The monoisotopic (exact) mass is 484 g/mol. The molecule has 3 fully saturated rings. The number of rotatable bonds is 9. The first kappa shape index (κ1) is 26.7. The molecule has 198 valence electrons. The van der Waals surface area contributed by atoms with Gasteiger partial charge in [0.05, 0.1) is 0 Å². The Labute approximate surface area is 214 Å². The van der Waals surface area contributed by atoms with Crippen LogP contribution in [0, 0.1) is 46.3 Å². The molecule has 0 unspecified atom stereocenters. The molecular weight excluding hydrogens is 432 g/mol. The Hall–Kier alpha value is -1.32. The van der Waals surface area contributed by atoms with Crippen molar-refractivity contribution in [1.29, 1.82) is 0 Å². The van der Waals surface area contributed by atoms with E-state index in [1.807, 2.05) is 0 Å². The fourth-order valence-electron chi connectivity index (χ4n) is 9.35. The molecule has 0 spiro atoms. The topological polar surface area (TPSA) is 72.2 Å². The summed E-state index contributed by atoms with van der Waals surface area (Å²) in [5.74, 6) is 4.70. The SMILES string of the molecule is CC(C)CCC[C@@H](C)[C@H]1CC[C@H]2[C@@H]3CC=C4C[C@H](NC(=O)CCC(N)=O)CC[C@]4(C)[C@H]3CC[C@]12C. The van der Waals surface area contributed by atoms with Gasteiger partial charge in [-0.05, 0) is 97.7 Å². The van der Waals surface area contributed by atoms with E-state index in [2.05, 4.69) is 46.0 Å². The molecule has 0 aromatic rings. The lowest BCUT2D eigenvalue weighted by Gasteiger charge is -2.58. The molecule has 4 rings (SSSR count). The molecular formula is C31H52N2O2. The van der Waals surface area contributed by atoms with Crippen molar-refractivity contribution in [3.63, 3.8) is 0 Å². The molecule has 3 saturated carbocycles. The summed E-state index contributed by atoms with van der Waals surface area (Å²) in [5, 5.41) is 3.19. The van der Waals surface area contributed by atoms with E-state index in [4.69, 9.17) is 5.73 Å². The number of fused-ring (bicyclic) bond motifs is 5. The van der Waals surface area contributed by atoms with E-state index in [-0.39, 0.29) is 24.8 Å². The van der Waals surface area contributed by atoms with Crippen LogP contribution < -0.4 is 11.1 Å². The number of nitrogens with one attached hydrogen (secondary N) is 1. The first-order valence-electron chi connectivity index (χ1n) is 14.8. The van der Waals surface area contributed by atoms with Gasteiger partial charge in [0, 0.05) is 18.9 Å². The van der Waals surface area contributed by atoms with E-state index < -0.39 is 5.91 Å². The lowest BCUT2D eigenvalue weighted by atomic mass is 9.47. The fraction of sp³-hybridized carbons (Fsp3) is 0.871. The van der Waals surface area contributed by atoms with Crippen LogP contribution in [-0.2, 0) is 9.59 Å². The van der Waals surface area contributed by atoms with E-state index in [1.165, 1.54) is 57.8 Å². The van der Waals surface area contributed by atoms with Crippen LogP contribution in [0.2, 0.25) is 0 Å². The number of hydrogen-bond acceptors (Lipinski definition) is 2. The van der Waals surface area contributed by atoms with Gasteiger partial charge in [0.2, 0.25) is 11.8 Å². The Morgan fingerprint density at radius 1 is 1.03 bits per heavy atom. The van der Waals surface area contributed by atoms with Crippen molar-refractivity contribution in [3.05, 3.63) is 11.6 Å². The van der Waals surface area contributed by atoms with E-state index >= 15 is 0 Å². The maximum absolute atomic E-state index is 12.3. The van der Waals surface area contributed by atoms with E-state index in [9.17, 15) is 9.59 Å². The summed E-state index contributed by atoms with van der Waals surface area (Å²) in [6.07, 6.45) is 17.3. The zero-order valence-corrected chi connectivity index (χ0v) is 23.2. The summed E-state index contributed by atoms with van der Waals surface area (Å²) in [6, 6.07) is 0.211. The lowest BCUT2D eigenvalue weighted by Crippen LogP contribution is -2.52. The number of nitrogens with two attached hydrogens (primary N) is 1. The number of primary amides is 1. The summed E-state index contributed by atoms with van der Waals surface area (Å²) in [6.45, 7) is 12.5. The minimum atomic E-state index is -0.402. The van der Waals surface area contributed by atoms with E-state index in [0.717, 1.165) is 48.3 Å². The van der Waals surface area contributed by atoms with Crippen LogP contribution in [0.1, 0.15) is 118 Å². The molecule has 0 saturated heterocycles. The highest BCUT2D eigenvalue weighted by Crippen LogP contribution is 2.67. The summed E-state index contributed by atoms with van der Waals surface area (Å²) in [5.41, 5.74) is 7.66. The van der Waals surface area contributed by atoms with Crippen molar-refractivity contribution in [1.82, 2.24) is 5.32 Å². The van der Waals surface area contributed by atoms with Gasteiger partial charge in [-0.1, -0.05) is 65.5 Å². The first-order chi connectivity index (χ1) is 16.5. The van der Waals surface area contributed by atoms with Gasteiger partial charge in [0.25, 0.3) is 0 Å². The molecule has 4 aliphatic carbocycles. The Kier molecular flexibility index (Phi) is 8.08. The second kappa shape index (κ2) is 10.6. The van der Waals surface area contributed by atoms with Gasteiger partial charge in [0.1, 0.15) is 0 Å². The number of carbonyl (C=O) groups excluding carboxylic acids is 2. The molecule has 0 bridgehead atoms. The van der Waals surface area contributed by atoms with Crippen LogP contribution in [0.5, 0.6) is 0 Å². The third-order valence-electron chi connectivity index (χ3n) is 11.3. The third-order valence-corrected chi connectivity index (χ3v) is 11.3. The lowest BCUT2D eigenvalue weighted by molar-refractivity contribution is -0.125. The Bertz CT molecular complexity index is 819. The summed E-state index contributed by atoms with van der Waals surface area (Å²) in [7, 11) is 0. The smallest absolute Gasteiger partial charge is 0.220 e. The number of carbonyl (C=O) groups is 2. The molecule has 0 aromatic heterocycles. The van der Waals surface area contributed by atoms with Gasteiger partial charge in [-0.25, -0.2) is 0 Å². The summed E-state index contributed by atoms with van der Waals surface area (Å²) in [4.78, 5) is 23.3. The maximum Gasteiger partial charge on any atom is 0.220 e. The average Bonchev–Trinajstić information content (AvgIpc) is 3.15. The van der Waals surface area contributed by atoms with E-state index in [1.54, 1.807) is 5.57 Å². The standard InChI is InChI=1S/C31H52N2O2/c1-20(2)7-6-8-21(3)25-11-12-26-24-10-9-22-19-23(33-29(35)14-13-28(32)34)15-17-30(22,4)27(24)16-18-31(25,26)5/h9,20-21,23-27H,6-8,10-19H2,1-5H3,(H2,32,34)(H,33,35)/t21-,23-,24+,25-,26+,27+,30+,31-/m1/s1. The normalized spacial score (nSPS) is 39.3. The van der Waals surface area contributed by atoms with Gasteiger partial charge in [0.15, 0.2) is 0 Å². The zero-order chi connectivity index (χ0) is 25.4. The van der Waals surface area contributed by atoms with Crippen LogP contribution in [0.25, 0.3) is 0 Å². The molecule has 4 nitrogen and oxygen atoms in total. The number of allylic oxidation sites excluding steroid dienone is 1. The van der Waals surface area contributed by atoms with Gasteiger partial charge in [-0.15, -0.1) is 0 Å². The second-order valence-electron chi connectivity index (χ2n) is 13.8. The highest BCUT2D eigenvalue weighted by Gasteiger charge is 2.59. The molecule has 0 heterocycles. The second-order valence-corrected chi connectivity index (χ2v) is 13.8. The van der Waals surface area contributed by atoms with Crippen LogP contribution in [0.3, 0.4) is 0 Å². The fourth-order valence-corrected chi connectivity index (χ4v) is 9.35. The van der Waals surface area contributed by atoms with Crippen LogP contribution in [0.15, 0.2) is 11.6 Å². The van der Waals surface area contributed by atoms with Gasteiger partial charge < -0.3 is 11.1 Å². The summed E-state index contributed by atoms with van der Waals surface area (Å²) >= 11 is 0. The van der Waals surface area contributed by atoms with Gasteiger partial charge in [-0.2, -0.15) is 0 Å². The highest BCUT2D eigenvalue weighted by atomic mass is 16.2. The first-order valence-corrected chi connectivity index (χ1v) is 14.8. The van der Waals surface area contributed by atoms with Crippen LogP contribution in [0.4, 0.5) is 0 Å². The van der Waals surface area contributed by atoms with Crippen molar-refractivity contribution in [2.75, 3.05) is 0 Å². The zero-order valence-electron chi connectivity index (χ0n) is 23.2. The Morgan fingerprint density at radius 2 is 1.80 bits per heavy atom. The summed E-state index contributed by atoms with van der Waals surface area (Å²) < 4.78 is 0. The quantitative estimate of drug-likeness (QED) is 0.354. The molecule has 3 N–H and O–H groups in total. The molecule has 2 amide bonds. The predicted molar refractivity (Wildman–Crippen MR) is 143 cm³/mol. The molecule has 0 radical (unpaired) electrons. The van der Waals surface area contributed by atoms with Gasteiger partial charge >= 0.3 is 0 Å². The van der Waals surface area contributed by atoms with Crippen molar-refractivity contribution >= 4 is 11.8 Å². The molecule has 0 aromatic carbocycles. The van der Waals surface area contributed by atoms with Crippen LogP contribution >= 0.6 is 0 Å². The predicted octanol–water partition coefficient (Wildman–Crippen LogP) is 6.78.